The number of amides is 3. The van der Waals surface area contributed by atoms with Crippen molar-refractivity contribution in [3.8, 4) is 0 Å². The van der Waals surface area contributed by atoms with Gasteiger partial charge in [0.1, 0.15) is 0 Å². The molecule has 0 radical (unpaired) electrons. The van der Waals surface area contributed by atoms with Crippen LogP contribution in [0.15, 0.2) is 84.9 Å². The van der Waals surface area contributed by atoms with Crippen LogP contribution in [0.4, 0.5) is 0 Å². The lowest BCUT2D eigenvalue weighted by molar-refractivity contribution is 0.0604. The Kier molecular flexibility index (Phi) is 6.83. The summed E-state index contributed by atoms with van der Waals surface area (Å²) in [6.45, 7) is 2.37. The number of rotatable bonds is 9. The van der Waals surface area contributed by atoms with Gasteiger partial charge >= 0.3 is 0 Å². The molecule has 4 aromatic carbocycles. The molecule has 2 aromatic heterocycles. The van der Waals surface area contributed by atoms with Crippen molar-refractivity contribution in [1.29, 1.82) is 0 Å². The number of aromatic amines is 1. The zero-order valence-corrected chi connectivity index (χ0v) is 23.9. The molecular formula is C35H31N5O3. The first-order chi connectivity index (χ1) is 21.0. The molecule has 0 atom stereocenters. The fourth-order valence-corrected chi connectivity index (χ4v) is 6.23. The van der Waals surface area contributed by atoms with Crippen LogP contribution in [0.25, 0.3) is 43.6 Å². The van der Waals surface area contributed by atoms with Gasteiger partial charge in [-0.25, -0.2) is 4.98 Å². The van der Waals surface area contributed by atoms with E-state index in [9.17, 15) is 14.4 Å². The van der Waals surface area contributed by atoms with Crippen molar-refractivity contribution in [1.82, 2.24) is 25.1 Å². The predicted molar refractivity (Wildman–Crippen MR) is 169 cm³/mol. The molecule has 0 spiro atoms. The number of hydrogen-bond acceptors (Lipinski definition) is 5. The van der Waals surface area contributed by atoms with Gasteiger partial charge in [-0.05, 0) is 62.6 Å². The van der Waals surface area contributed by atoms with E-state index >= 15 is 0 Å². The van der Waals surface area contributed by atoms with E-state index in [-0.39, 0.29) is 17.7 Å². The van der Waals surface area contributed by atoms with Crippen LogP contribution in [0, 0.1) is 0 Å². The Morgan fingerprint density at radius 1 is 0.837 bits per heavy atom. The first-order valence-electron chi connectivity index (χ1n) is 14.6. The first kappa shape index (κ1) is 26.8. The second-order valence-electron chi connectivity index (χ2n) is 11.1. The molecule has 3 amide bonds. The minimum atomic E-state index is -0.229. The molecule has 1 aliphatic rings. The lowest BCUT2D eigenvalue weighted by atomic mass is 9.94. The summed E-state index contributed by atoms with van der Waals surface area (Å²) in [5, 5.41) is 6.58. The van der Waals surface area contributed by atoms with Crippen LogP contribution < -0.4 is 5.32 Å². The normalized spacial score (nSPS) is 13.2. The molecule has 0 unspecified atom stereocenters. The van der Waals surface area contributed by atoms with Crippen LogP contribution in [0.3, 0.4) is 0 Å². The zero-order valence-electron chi connectivity index (χ0n) is 23.9. The molecule has 7 rings (SSSR count). The molecule has 8 nitrogen and oxygen atoms in total. The highest BCUT2D eigenvalue weighted by Gasteiger charge is 2.32. The summed E-state index contributed by atoms with van der Waals surface area (Å²) in [5.41, 5.74) is 5.06. The van der Waals surface area contributed by atoms with Gasteiger partial charge in [0.15, 0.2) is 0 Å². The Hall–Kier alpha value is -5.08. The Morgan fingerprint density at radius 3 is 2.28 bits per heavy atom. The van der Waals surface area contributed by atoms with E-state index in [0.29, 0.717) is 36.2 Å². The molecule has 214 valence electrons. The number of nitrogens with zero attached hydrogens (tertiary/aromatic N) is 3. The third-order valence-corrected chi connectivity index (χ3v) is 8.34. The lowest BCUT2D eigenvalue weighted by Crippen LogP contribution is -2.41. The molecule has 0 aliphatic carbocycles. The van der Waals surface area contributed by atoms with Crippen molar-refractivity contribution >= 4 is 61.3 Å². The number of aromatic nitrogens is 2. The molecule has 6 aromatic rings. The van der Waals surface area contributed by atoms with Crippen molar-refractivity contribution in [2.75, 3.05) is 33.2 Å². The van der Waals surface area contributed by atoms with Crippen molar-refractivity contribution < 1.29 is 14.4 Å². The van der Waals surface area contributed by atoms with E-state index in [4.69, 9.17) is 4.98 Å². The van der Waals surface area contributed by atoms with Gasteiger partial charge in [0.2, 0.25) is 0 Å². The molecule has 2 N–H and O–H groups in total. The van der Waals surface area contributed by atoms with Crippen molar-refractivity contribution in [2.45, 2.75) is 12.8 Å². The minimum Gasteiger partial charge on any atom is -0.353 e. The van der Waals surface area contributed by atoms with E-state index in [0.717, 1.165) is 63.1 Å². The molecule has 1 aliphatic heterocycles. The number of fused-ring (bicyclic) bond motifs is 4. The van der Waals surface area contributed by atoms with Gasteiger partial charge in [0.25, 0.3) is 17.7 Å². The molecule has 0 saturated heterocycles. The average Bonchev–Trinajstić information content (AvgIpc) is 3.40. The van der Waals surface area contributed by atoms with Crippen LogP contribution in [-0.2, 0) is 0 Å². The monoisotopic (exact) mass is 569 g/mol. The predicted octanol–water partition coefficient (Wildman–Crippen LogP) is 5.76. The third-order valence-electron chi connectivity index (χ3n) is 8.34. The third kappa shape index (κ3) is 4.70. The van der Waals surface area contributed by atoms with E-state index in [1.165, 1.54) is 4.90 Å². The van der Waals surface area contributed by atoms with Crippen LogP contribution in [0.2, 0.25) is 0 Å². The number of H-pyrrole nitrogens is 1. The van der Waals surface area contributed by atoms with Gasteiger partial charge in [0, 0.05) is 45.9 Å². The summed E-state index contributed by atoms with van der Waals surface area (Å²) in [6.07, 6.45) is 1.43. The molecular weight excluding hydrogens is 538 g/mol. The zero-order chi connectivity index (χ0) is 29.5. The number of carbonyl (C=O) groups is 3. The van der Waals surface area contributed by atoms with Gasteiger partial charge in [-0.15, -0.1) is 0 Å². The Labute approximate surface area is 248 Å². The van der Waals surface area contributed by atoms with Gasteiger partial charge in [0.05, 0.1) is 22.1 Å². The topological polar surface area (TPSA) is 98.4 Å². The highest BCUT2D eigenvalue weighted by molar-refractivity contribution is 6.25. The SMILES string of the molecule is CN(CCCNC(=O)c1c2ccccc2nc2c1[nH]c1ccccc12)CCCN1C(=O)c2cccc3cccc(c23)C1=O. The molecule has 0 fully saturated rings. The molecule has 3 heterocycles. The fraction of sp³-hybridized carbons (Fsp3) is 0.200. The maximum atomic E-state index is 13.5. The van der Waals surface area contributed by atoms with Crippen molar-refractivity contribution in [3.05, 3.63) is 102 Å². The minimum absolute atomic E-state index is 0.129. The number of carbonyl (C=O) groups excluding carboxylic acids is 3. The lowest BCUT2D eigenvalue weighted by Gasteiger charge is -2.28. The van der Waals surface area contributed by atoms with E-state index in [2.05, 4.69) is 15.2 Å². The smallest absolute Gasteiger partial charge is 0.261 e. The molecule has 43 heavy (non-hydrogen) atoms. The summed E-state index contributed by atoms with van der Waals surface area (Å²) < 4.78 is 0. The Morgan fingerprint density at radius 2 is 1.51 bits per heavy atom. The number of para-hydroxylation sites is 2. The summed E-state index contributed by atoms with van der Waals surface area (Å²) in [5.74, 6) is -0.588. The largest absolute Gasteiger partial charge is 0.353 e. The summed E-state index contributed by atoms with van der Waals surface area (Å²) in [4.78, 5) is 51.6. The number of hydrogen-bond donors (Lipinski definition) is 2. The number of imide groups is 1. The van der Waals surface area contributed by atoms with Crippen LogP contribution in [0.1, 0.15) is 43.9 Å². The van der Waals surface area contributed by atoms with Crippen molar-refractivity contribution in [3.63, 3.8) is 0 Å². The number of nitrogens with one attached hydrogen (secondary N) is 2. The summed E-state index contributed by atoms with van der Waals surface area (Å²) >= 11 is 0. The van der Waals surface area contributed by atoms with Crippen LogP contribution >= 0.6 is 0 Å². The molecule has 0 saturated carbocycles. The van der Waals surface area contributed by atoms with Gasteiger partial charge < -0.3 is 15.2 Å². The molecule has 8 heteroatoms. The maximum Gasteiger partial charge on any atom is 0.261 e. The Balaban J connectivity index is 0.959. The Bertz CT molecular complexity index is 2010. The number of pyridine rings is 1. The second-order valence-corrected chi connectivity index (χ2v) is 11.1. The maximum absolute atomic E-state index is 13.5. The van der Waals surface area contributed by atoms with Gasteiger partial charge in [-0.1, -0.05) is 60.7 Å². The van der Waals surface area contributed by atoms with E-state index < -0.39 is 0 Å². The van der Waals surface area contributed by atoms with Crippen molar-refractivity contribution in [2.24, 2.45) is 0 Å². The first-order valence-corrected chi connectivity index (χ1v) is 14.6. The highest BCUT2D eigenvalue weighted by atomic mass is 16.2. The van der Waals surface area contributed by atoms with Gasteiger partial charge in [-0.3, -0.25) is 19.3 Å². The van der Waals surface area contributed by atoms with E-state index in [1.807, 2.05) is 79.8 Å². The molecule has 0 bridgehead atoms. The summed E-state index contributed by atoms with van der Waals surface area (Å²) in [7, 11) is 2.02. The second kappa shape index (κ2) is 11.0. The fourth-order valence-electron chi connectivity index (χ4n) is 6.23. The quantitative estimate of drug-likeness (QED) is 0.170. The van der Waals surface area contributed by atoms with Gasteiger partial charge in [-0.2, -0.15) is 0 Å². The standard InChI is InChI=1S/C35H31N5O3/c1-39(20-9-21-40-34(42)25-14-6-10-22-11-7-15-26(29(22)25)35(40)43)19-8-18-36-33(41)30-23-12-2-4-16-27(23)37-31-24-13-3-5-17-28(24)38-32(30)31/h2-7,10-17,38H,8-9,18-21H2,1H3,(H,36,41). The summed E-state index contributed by atoms with van der Waals surface area (Å²) in [6, 6.07) is 26.9. The highest BCUT2D eigenvalue weighted by Crippen LogP contribution is 2.32. The average molecular weight is 570 g/mol. The van der Waals surface area contributed by atoms with Crippen LogP contribution in [0.5, 0.6) is 0 Å². The van der Waals surface area contributed by atoms with E-state index in [1.54, 1.807) is 12.1 Å². The van der Waals surface area contributed by atoms with Crippen LogP contribution in [-0.4, -0.2) is 70.7 Å². The number of benzene rings is 4.